The molecule has 1 amide bonds. The van der Waals surface area contributed by atoms with E-state index in [-0.39, 0.29) is 17.9 Å². The van der Waals surface area contributed by atoms with Gasteiger partial charge in [-0.1, -0.05) is 13.8 Å². The summed E-state index contributed by atoms with van der Waals surface area (Å²) in [7, 11) is 0. The number of rotatable bonds is 6. The maximum absolute atomic E-state index is 12.3. The van der Waals surface area contributed by atoms with Crippen molar-refractivity contribution in [2.75, 3.05) is 6.54 Å². The maximum Gasteiger partial charge on any atom is 0.276 e. The predicted octanol–water partition coefficient (Wildman–Crippen LogP) is 0.507. The second kappa shape index (κ2) is 6.31. The molecule has 2 aromatic heterocycles. The van der Waals surface area contributed by atoms with E-state index < -0.39 is 5.54 Å². The van der Waals surface area contributed by atoms with E-state index in [1.807, 2.05) is 13.8 Å². The van der Waals surface area contributed by atoms with Gasteiger partial charge in [0.05, 0.1) is 6.42 Å². The molecular formula is C15H23N5O2. The zero-order valence-electron chi connectivity index (χ0n) is 13.3. The van der Waals surface area contributed by atoms with Gasteiger partial charge in [-0.3, -0.25) is 14.7 Å². The number of hydrogen-bond donors (Lipinski definition) is 3. The molecule has 4 N–H and O–H groups in total. The van der Waals surface area contributed by atoms with Gasteiger partial charge in [-0.15, -0.1) is 0 Å². The molecule has 0 bridgehead atoms. The minimum atomic E-state index is -0.401. The van der Waals surface area contributed by atoms with E-state index in [9.17, 15) is 9.59 Å². The summed E-state index contributed by atoms with van der Waals surface area (Å²) in [5, 5.41) is 5.61. The van der Waals surface area contributed by atoms with Crippen molar-refractivity contribution in [3.63, 3.8) is 0 Å². The Morgan fingerprint density at radius 3 is 2.77 bits per heavy atom. The summed E-state index contributed by atoms with van der Waals surface area (Å²) in [4.78, 5) is 28.8. The number of hydrogen-bond acceptors (Lipinski definition) is 4. The summed E-state index contributed by atoms with van der Waals surface area (Å²) in [6, 6.07) is 1.71. The van der Waals surface area contributed by atoms with Crippen LogP contribution in [0.1, 0.15) is 37.9 Å². The van der Waals surface area contributed by atoms with Gasteiger partial charge in [0, 0.05) is 35.6 Å². The first-order valence-corrected chi connectivity index (χ1v) is 7.51. The summed E-state index contributed by atoms with van der Waals surface area (Å²) in [6.45, 7) is 6.13. The number of amides is 1. The lowest BCUT2D eigenvalue weighted by atomic mass is 9.94. The number of aryl methyl sites for hydroxylation is 1. The second-order valence-corrected chi connectivity index (χ2v) is 5.66. The number of nitrogens with two attached hydrogens (primary N) is 1. The molecular weight excluding hydrogens is 282 g/mol. The average molecular weight is 305 g/mol. The number of H-pyrrole nitrogens is 1. The van der Waals surface area contributed by atoms with Crippen LogP contribution in [-0.2, 0) is 11.2 Å². The van der Waals surface area contributed by atoms with E-state index in [2.05, 4.69) is 15.4 Å². The third-order valence-electron chi connectivity index (χ3n) is 4.23. The molecule has 0 spiro atoms. The Kier molecular flexibility index (Phi) is 4.65. The lowest BCUT2D eigenvalue weighted by molar-refractivity contribution is -0.120. The maximum atomic E-state index is 12.3. The summed E-state index contributed by atoms with van der Waals surface area (Å²) in [5.74, 6) is -0.217. The molecule has 0 saturated carbocycles. The Morgan fingerprint density at radius 1 is 1.45 bits per heavy atom. The Hall–Kier alpha value is -2.15. The SMILES string of the molecule is CCC(N)(CC)CNC(=O)Cc1c(C)nc2cc[nH]n2c1=O. The molecule has 2 aromatic rings. The quantitative estimate of drug-likeness (QED) is 0.723. The molecule has 0 radical (unpaired) electrons. The van der Waals surface area contributed by atoms with Crippen LogP contribution in [0, 0.1) is 6.92 Å². The lowest BCUT2D eigenvalue weighted by Crippen LogP contribution is -2.49. The number of aromatic nitrogens is 3. The van der Waals surface area contributed by atoms with Crippen molar-refractivity contribution in [2.24, 2.45) is 5.73 Å². The molecule has 22 heavy (non-hydrogen) atoms. The van der Waals surface area contributed by atoms with Crippen LogP contribution >= 0.6 is 0 Å². The standard InChI is InChI=1S/C15H23N5O2/c1-4-15(16,5-2)9-17-13(21)8-11-10(3)19-12-6-7-18-20(12)14(11)22/h6-7,18H,4-5,8-9,16H2,1-3H3,(H,17,21). The minimum absolute atomic E-state index is 0.00311. The lowest BCUT2D eigenvalue weighted by Gasteiger charge is -2.26. The fourth-order valence-corrected chi connectivity index (χ4v) is 2.31. The first-order valence-electron chi connectivity index (χ1n) is 7.51. The summed E-state index contributed by atoms with van der Waals surface area (Å²) >= 11 is 0. The van der Waals surface area contributed by atoms with Crippen LogP contribution in [0.4, 0.5) is 0 Å². The highest BCUT2D eigenvalue weighted by molar-refractivity contribution is 5.78. The van der Waals surface area contributed by atoms with Gasteiger partial charge in [-0.05, 0) is 19.8 Å². The van der Waals surface area contributed by atoms with Crippen molar-refractivity contribution in [3.05, 3.63) is 33.9 Å². The molecule has 0 saturated heterocycles. The van der Waals surface area contributed by atoms with E-state index in [4.69, 9.17) is 5.73 Å². The van der Waals surface area contributed by atoms with Crippen LogP contribution < -0.4 is 16.6 Å². The van der Waals surface area contributed by atoms with Crippen LogP contribution in [0.15, 0.2) is 17.1 Å². The number of nitrogens with one attached hydrogen (secondary N) is 2. The van der Waals surface area contributed by atoms with Crippen molar-refractivity contribution >= 4 is 11.6 Å². The first-order chi connectivity index (χ1) is 10.4. The highest BCUT2D eigenvalue weighted by atomic mass is 16.2. The zero-order chi connectivity index (χ0) is 16.3. The molecule has 7 heteroatoms. The number of nitrogens with zero attached hydrogens (tertiary/aromatic N) is 2. The fourth-order valence-electron chi connectivity index (χ4n) is 2.31. The molecule has 120 valence electrons. The van der Waals surface area contributed by atoms with Crippen LogP contribution in [0.3, 0.4) is 0 Å². The number of carbonyl (C=O) groups excluding carboxylic acids is 1. The zero-order valence-corrected chi connectivity index (χ0v) is 13.3. The third kappa shape index (κ3) is 3.19. The van der Waals surface area contributed by atoms with Gasteiger partial charge in [0.25, 0.3) is 5.56 Å². The first kappa shape index (κ1) is 16.2. The molecule has 7 nitrogen and oxygen atoms in total. The van der Waals surface area contributed by atoms with Crippen molar-refractivity contribution < 1.29 is 4.79 Å². The van der Waals surface area contributed by atoms with Crippen LogP contribution in [-0.4, -0.2) is 32.6 Å². The van der Waals surface area contributed by atoms with Crippen molar-refractivity contribution in [1.29, 1.82) is 0 Å². The van der Waals surface area contributed by atoms with Crippen LogP contribution in [0.25, 0.3) is 5.65 Å². The van der Waals surface area contributed by atoms with Gasteiger partial charge >= 0.3 is 0 Å². The predicted molar refractivity (Wildman–Crippen MR) is 84.8 cm³/mol. The van der Waals surface area contributed by atoms with Crippen LogP contribution in [0.2, 0.25) is 0 Å². The normalized spacial score (nSPS) is 11.8. The molecule has 0 aliphatic heterocycles. The fraction of sp³-hybridized carbons (Fsp3) is 0.533. The van der Waals surface area contributed by atoms with E-state index in [0.717, 1.165) is 12.8 Å². The molecule has 0 aromatic carbocycles. The smallest absolute Gasteiger partial charge is 0.276 e. The number of aromatic amines is 1. The van der Waals surface area contributed by atoms with Gasteiger partial charge in [-0.2, -0.15) is 0 Å². The van der Waals surface area contributed by atoms with Gasteiger partial charge in [-0.25, -0.2) is 9.50 Å². The van der Waals surface area contributed by atoms with Gasteiger partial charge < -0.3 is 11.1 Å². The van der Waals surface area contributed by atoms with Crippen molar-refractivity contribution in [2.45, 2.75) is 45.6 Å². The van der Waals surface area contributed by atoms with Crippen LogP contribution in [0.5, 0.6) is 0 Å². The van der Waals surface area contributed by atoms with Crippen molar-refractivity contribution in [1.82, 2.24) is 19.9 Å². The number of carbonyl (C=O) groups is 1. The van der Waals surface area contributed by atoms with Gasteiger partial charge in [0.1, 0.15) is 0 Å². The highest BCUT2D eigenvalue weighted by Crippen LogP contribution is 2.09. The van der Waals surface area contributed by atoms with Gasteiger partial charge in [0.2, 0.25) is 5.91 Å². The van der Waals surface area contributed by atoms with E-state index in [0.29, 0.717) is 23.4 Å². The minimum Gasteiger partial charge on any atom is -0.354 e. The average Bonchev–Trinajstić information content (AvgIpc) is 2.97. The van der Waals surface area contributed by atoms with E-state index >= 15 is 0 Å². The summed E-state index contributed by atoms with van der Waals surface area (Å²) in [6.07, 6.45) is 3.20. The summed E-state index contributed by atoms with van der Waals surface area (Å²) in [5.41, 5.74) is 7.03. The third-order valence-corrected chi connectivity index (χ3v) is 4.23. The highest BCUT2D eigenvalue weighted by Gasteiger charge is 2.21. The number of fused-ring (bicyclic) bond motifs is 1. The molecule has 0 aliphatic carbocycles. The Morgan fingerprint density at radius 2 is 2.14 bits per heavy atom. The Balaban J connectivity index is 2.14. The Labute approximate surface area is 128 Å². The molecule has 0 fully saturated rings. The Bertz CT molecular complexity index is 727. The van der Waals surface area contributed by atoms with Crippen molar-refractivity contribution in [3.8, 4) is 0 Å². The van der Waals surface area contributed by atoms with E-state index in [1.54, 1.807) is 19.2 Å². The van der Waals surface area contributed by atoms with Gasteiger partial charge in [0.15, 0.2) is 5.65 Å². The molecule has 0 aliphatic rings. The largest absolute Gasteiger partial charge is 0.354 e. The molecule has 2 heterocycles. The topological polar surface area (TPSA) is 105 Å². The van der Waals surface area contributed by atoms with E-state index in [1.165, 1.54) is 4.52 Å². The monoisotopic (exact) mass is 305 g/mol. The molecule has 0 atom stereocenters. The molecule has 2 rings (SSSR count). The summed E-state index contributed by atoms with van der Waals surface area (Å²) < 4.78 is 1.33. The molecule has 0 unspecified atom stereocenters. The second-order valence-electron chi connectivity index (χ2n) is 5.66.